The van der Waals surface area contributed by atoms with Gasteiger partial charge in [0.25, 0.3) is 0 Å². The van der Waals surface area contributed by atoms with E-state index >= 15 is 0 Å². The molecule has 1 unspecified atom stereocenters. The maximum Gasteiger partial charge on any atom is 0.193 e. The first-order valence-corrected chi connectivity index (χ1v) is 13.0. The number of aryl methyl sites for hydroxylation is 1. The third-order valence-corrected chi connectivity index (χ3v) is 7.66. The number of guanidine groups is 1. The largest absolute Gasteiger partial charge is 0.357 e. The van der Waals surface area contributed by atoms with Gasteiger partial charge in [-0.25, -0.2) is 4.98 Å². The van der Waals surface area contributed by atoms with E-state index in [-0.39, 0.29) is 0 Å². The van der Waals surface area contributed by atoms with Crippen molar-refractivity contribution in [1.82, 2.24) is 25.0 Å². The Kier molecular flexibility index (Phi) is 9.40. The molecule has 0 aromatic carbocycles. The van der Waals surface area contributed by atoms with E-state index in [2.05, 4.69) is 53.1 Å². The Hall–Kier alpha value is -1.18. The van der Waals surface area contributed by atoms with Crippen molar-refractivity contribution in [2.75, 3.05) is 52.4 Å². The SMILES string of the molecule is CCNC(=NCC1CCN(Cc2csc(CC)n2)CC1)N1CCC(N(CC)CC)C1. The van der Waals surface area contributed by atoms with E-state index in [0.717, 1.165) is 58.2 Å². The predicted octanol–water partition coefficient (Wildman–Crippen LogP) is 3.30. The summed E-state index contributed by atoms with van der Waals surface area (Å²) in [5.74, 6) is 1.84. The monoisotopic (exact) mass is 434 g/mol. The van der Waals surface area contributed by atoms with E-state index in [1.165, 1.54) is 43.1 Å². The molecular formula is C23H42N6S. The molecule has 2 aliphatic heterocycles. The molecule has 170 valence electrons. The van der Waals surface area contributed by atoms with Crippen LogP contribution >= 0.6 is 11.3 Å². The zero-order valence-electron chi connectivity index (χ0n) is 19.6. The van der Waals surface area contributed by atoms with Gasteiger partial charge in [-0.2, -0.15) is 0 Å². The third-order valence-electron chi connectivity index (χ3n) is 6.62. The van der Waals surface area contributed by atoms with Gasteiger partial charge in [-0.3, -0.25) is 14.8 Å². The molecule has 3 rings (SSSR count). The van der Waals surface area contributed by atoms with E-state index in [1.807, 2.05) is 0 Å². The smallest absolute Gasteiger partial charge is 0.193 e. The van der Waals surface area contributed by atoms with Crippen LogP contribution in [0, 0.1) is 5.92 Å². The fraction of sp³-hybridized carbons (Fsp3) is 0.826. The first kappa shape index (κ1) is 23.5. The van der Waals surface area contributed by atoms with Crippen LogP contribution in [-0.2, 0) is 13.0 Å². The van der Waals surface area contributed by atoms with Gasteiger partial charge in [0.05, 0.1) is 10.7 Å². The molecule has 6 nitrogen and oxygen atoms in total. The number of hydrogen-bond donors (Lipinski definition) is 1. The van der Waals surface area contributed by atoms with Crippen molar-refractivity contribution in [3.05, 3.63) is 16.1 Å². The van der Waals surface area contributed by atoms with Gasteiger partial charge in [-0.15, -0.1) is 11.3 Å². The Morgan fingerprint density at radius 2 is 1.93 bits per heavy atom. The second-order valence-electron chi connectivity index (χ2n) is 8.61. The zero-order chi connectivity index (χ0) is 21.3. The fourth-order valence-electron chi connectivity index (χ4n) is 4.75. The summed E-state index contributed by atoms with van der Waals surface area (Å²) < 4.78 is 0. The molecule has 1 N–H and O–H groups in total. The molecule has 0 spiro atoms. The summed E-state index contributed by atoms with van der Waals surface area (Å²) in [5.41, 5.74) is 1.25. The molecule has 0 radical (unpaired) electrons. The average Bonchev–Trinajstić information content (AvgIpc) is 3.43. The van der Waals surface area contributed by atoms with E-state index in [0.29, 0.717) is 12.0 Å². The highest BCUT2D eigenvalue weighted by molar-refractivity contribution is 7.09. The lowest BCUT2D eigenvalue weighted by molar-refractivity contribution is 0.179. The average molecular weight is 435 g/mol. The first-order valence-electron chi connectivity index (χ1n) is 12.1. The molecule has 7 heteroatoms. The quantitative estimate of drug-likeness (QED) is 0.477. The lowest BCUT2D eigenvalue weighted by Gasteiger charge is -2.31. The minimum Gasteiger partial charge on any atom is -0.357 e. The van der Waals surface area contributed by atoms with Crippen LogP contribution in [0.3, 0.4) is 0 Å². The van der Waals surface area contributed by atoms with Gasteiger partial charge in [0.2, 0.25) is 0 Å². The normalized spacial score (nSPS) is 21.7. The van der Waals surface area contributed by atoms with Crippen LogP contribution in [0.25, 0.3) is 0 Å². The summed E-state index contributed by atoms with van der Waals surface area (Å²) in [4.78, 5) is 17.4. The number of aliphatic imine (C=N–C) groups is 1. The summed E-state index contributed by atoms with van der Waals surface area (Å²) in [6.07, 6.45) is 4.79. The van der Waals surface area contributed by atoms with Crippen molar-refractivity contribution in [3.8, 4) is 0 Å². The first-order chi connectivity index (χ1) is 14.7. The standard InChI is InChI=1S/C23H42N6S/c1-5-22-26-20(18-30-22)16-27-12-9-19(10-13-27)15-25-23(24-6-2)29-14-11-21(17-29)28(7-3)8-4/h18-19,21H,5-17H2,1-4H3,(H,24,25). The second kappa shape index (κ2) is 12.0. The van der Waals surface area contributed by atoms with Gasteiger partial charge in [-0.1, -0.05) is 20.8 Å². The summed E-state index contributed by atoms with van der Waals surface area (Å²) in [5, 5.41) is 7.04. The minimum absolute atomic E-state index is 0.672. The highest BCUT2D eigenvalue weighted by Gasteiger charge is 2.28. The number of thiazole rings is 1. The molecule has 0 amide bonds. The van der Waals surface area contributed by atoms with Gasteiger partial charge in [0.15, 0.2) is 5.96 Å². The third kappa shape index (κ3) is 6.41. The van der Waals surface area contributed by atoms with Gasteiger partial charge >= 0.3 is 0 Å². The number of rotatable bonds is 9. The van der Waals surface area contributed by atoms with Crippen LogP contribution in [-0.4, -0.2) is 84.0 Å². The van der Waals surface area contributed by atoms with Crippen molar-refractivity contribution >= 4 is 17.3 Å². The Labute approximate surface area is 187 Å². The molecule has 2 fully saturated rings. The van der Waals surface area contributed by atoms with Crippen molar-refractivity contribution in [2.24, 2.45) is 10.9 Å². The van der Waals surface area contributed by atoms with Crippen LogP contribution in [0.5, 0.6) is 0 Å². The number of piperidine rings is 1. The van der Waals surface area contributed by atoms with E-state index in [9.17, 15) is 0 Å². The molecular weight excluding hydrogens is 392 g/mol. The number of likely N-dealkylation sites (N-methyl/N-ethyl adjacent to an activating group) is 1. The van der Waals surface area contributed by atoms with Crippen LogP contribution in [0.1, 0.15) is 57.7 Å². The molecule has 0 bridgehead atoms. The molecule has 3 heterocycles. The lowest BCUT2D eigenvalue weighted by atomic mass is 9.97. The number of nitrogens with zero attached hydrogens (tertiary/aromatic N) is 5. The molecule has 0 saturated carbocycles. The summed E-state index contributed by atoms with van der Waals surface area (Å²) in [6.45, 7) is 18.7. The van der Waals surface area contributed by atoms with Crippen molar-refractivity contribution in [3.63, 3.8) is 0 Å². The van der Waals surface area contributed by atoms with Gasteiger partial charge in [0, 0.05) is 44.1 Å². The zero-order valence-corrected chi connectivity index (χ0v) is 20.4. The van der Waals surface area contributed by atoms with E-state index in [1.54, 1.807) is 11.3 Å². The number of likely N-dealkylation sites (tertiary alicyclic amines) is 2. The van der Waals surface area contributed by atoms with Gasteiger partial charge in [0.1, 0.15) is 0 Å². The number of hydrogen-bond acceptors (Lipinski definition) is 5. The molecule has 30 heavy (non-hydrogen) atoms. The molecule has 1 aromatic rings. The van der Waals surface area contributed by atoms with Crippen LogP contribution in [0.4, 0.5) is 0 Å². The predicted molar refractivity (Wildman–Crippen MR) is 128 cm³/mol. The minimum atomic E-state index is 0.672. The highest BCUT2D eigenvalue weighted by Crippen LogP contribution is 2.21. The van der Waals surface area contributed by atoms with Crippen LogP contribution < -0.4 is 5.32 Å². The number of aromatic nitrogens is 1. The molecule has 1 aromatic heterocycles. The van der Waals surface area contributed by atoms with Crippen molar-refractivity contribution in [2.45, 2.75) is 66.0 Å². The second-order valence-corrected chi connectivity index (χ2v) is 9.55. The summed E-state index contributed by atoms with van der Waals surface area (Å²) >= 11 is 1.80. The topological polar surface area (TPSA) is 47.0 Å². The fourth-order valence-corrected chi connectivity index (χ4v) is 5.49. The van der Waals surface area contributed by atoms with Crippen LogP contribution in [0.15, 0.2) is 10.4 Å². The highest BCUT2D eigenvalue weighted by atomic mass is 32.1. The molecule has 1 atom stereocenters. The molecule has 2 aliphatic rings. The Morgan fingerprint density at radius 3 is 2.57 bits per heavy atom. The van der Waals surface area contributed by atoms with E-state index in [4.69, 9.17) is 9.98 Å². The van der Waals surface area contributed by atoms with Crippen LogP contribution in [0.2, 0.25) is 0 Å². The van der Waals surface area contributed by atoms with Gasteiger partial charge < -0.3 is 10.2 Å². The van der Waals surface area contributed by atoms with Crippen molar-refractivity contribution in [1.29, 1.82) is 0 Å². The maximum absolute atomic E-state index is 5.07. The Morgan fingerprint density at radius 1 is 1.17 bits per heavy atom. The van der Waals surface area contributed by atoms with Gasteiger partial charge in [-0.05, 0) is 64.7 Å². The summed E-state index contributed by atoms with van der Waals surface area (Å²) in [6, 6.07) is 0.672. The Balaban J connectivity index is 1.46. The molecule has 2 saturated heterocycles. The summed E-state index contributed by atoms with van der Waals surface area (Å²) in [7, 11) is 0. The Bertz CT molecular complexity index is 648. The number of nitrogens with one attached hydrogen (secondary N) is 1. The van der Waals surface area contributed by atoms with Crippen molar-refractivity contribution < 1.29 is 0 Å². The maximum atomic E-state index is 5.07. The van der Waals surface area contributed by atoms with E-state index < -0.39 is 0 Å². The molecule has 0 aliphatic carbocycles. The lowest BCUT2D eigenvalue weighted by Crippen LogP contribution is -2.43.